The molecule has 0 radical (unpaired) electrons. The van der Waals surface area contributed by atoms with Crippen molar-refractivity contribution >= 4 is 26.7 Å². The number of fused-ring (bicyclic) bond motifs is 1. The van der Waals surface area contributed by atoms with E-state index in [0.29, 0.717) is 17.0 Å². The summed E-state index contributed by atoms with van der Waals surface area (Å²) in [6.07, 6.45) is 0. The Morgan fingerprint density at radius 1 is 0.958 bits per heavy atom. The van der Waals surface area contributed by atoms with Gasteiger partial charge >= 0.3 is 0 Å². The Kier molecular flexibility index (Phi) is 3.92. The minimum Gasteiger partial charge on any atom is -0.391 e. The number of aromatic nitrogens is 1. The molecule has 0 aliphatic rings. The minimum atomic E-state index is -0.135. The normalized spacial score (nSPS) is 11.1. The van der Waals surface area contributed by atoms with E-state index in [0.717, 1.165) is 26.4 Å². The van der Waals surface area contributed by atoms with Gasteiger partial charge < -0.3 is 9.63 Å². The molecule has 4 heteroatoms. The summed E-state index contributed by atoms with van der Waals surface area (Å²) in [6, 6.07) is 22.0. The van der Waals surface area contributed by atoms with Crippen molar-refractivity contribution in [3.63, 3.8) is 0 Å². The van der Waals surface area contributed by atoms with Gasteiger partial charge in [-0.15, -0.1) is 0 Å². The highest BCUT2D eigenvalue weighted by Crippen LogP contribution is 2.36. The molecule has 0 saturated carbocycles. The van der Waals surface area contributed by atoms with Gasteiger partial charge in [-0.1, -0.05) is 75.7 Å². The lowest BCUT2D eigenvalue weighted by Gasteiger charge is -2.05. The van der Waals surface area contributed by atoms with E-state index in [1.165, 1.54) is 0 Å². The SMILES string of the molecule is OCc1c(-c2cccc3ccccc23)noc1-c1cccc(Br)c1. The number of halogens is 1. The average Bonchev–Trinajstić information content (AvgIpc) is 3.05. The molecule has 24 heavy (non-hydrogen) atoms. The van der Waals surface area contributed by atoms with E-state index in [9.17, 15) is 5.11 Å². The number of aliphatic hydroxyl groups is 1. The van der Waals surface area contributed by atoms with E-state index in [2.05, 4.69) is 39.3 Å². The second-order valence-corrected chi connectivity index (χ2v) is 6.45. The molecule has 0 atom stereocenters. The molecule has 0 bridgehead atoms. The van der Waals surface area contributed by atoms with Gasteiger partial charge in [0.1, 0.15) is 5.69 Å². The summed E-state index contributed by atoms with van der Waals surface area (Å²) in [5, 5.41) is 16.4. The van der Waals surface area contributed by atoms with Crippen molar-refractivity contribution in [3.05, 3.63) is 76.8 Å². The Bertz CT molecular complexity index is 1020. The fourth-order valence-electron chi connectivity index (χ4n) is 2.96. The predicted octanol–water partition coefficient (Wildman–Crippen LogP) is 5.42. The van der Waals surface area contributed by atoms with Crippen molar-refractivity contribution in [3.8, 4) is 22.6 Å². The molecule has 4 aromatic rings. The van der Waals surface area contributed by atoms with E-state index < -0.39 is 0 Å². The number of rotatable bonds is 3. The zero-order chi connectivity index (χ0) is 16.5. The van der Waals surface area contributed by atoms with Crippen LogP contribution in [0.5, 0.6) is 0 Å². The van der Waals surface area contributed by atoms with Crippen molar-refractivity contribution in [1.29, 1.82) is 0 Å². The van der Waals surface area contributed by atoms with Crippen LogP contribution in [0.4, 0.5) is 0 Å². The van der Waals surface area contributed by atoms with Crippen LogP contribution in [0.15, 0.2) is 75.7 Å². The molecule has 3 nitrogen and oxygen atoms in total. The van der Waals surface area contributed by atoms with Gasteiger partial charge in [0, 0.05) is 15.6 Å². The number of benzene rings is 3. The summed E-state index contributed by atoms with van der Waals surface area (Å²) in [4.78, 5) is 0. The Balaban J connectivity index is 1.94. The maximum Gasteiger partial charge on any atom is 0.173 e. The third-order valence-electron chi connectivity index (χ3n) is 4.08. The van der Waals surface area contributed by atoms with Crippen LogP contribution in [-0.4, -0.2) is 10.3 Å². The lowest BCUT2D eigenvalue weighted by molar-refractivity contribution is 0.281. The topological polar surface area (TPSA) is 46.3 Å². The highest BCUT2D eigenvalue weighted by molar-refractivity contribution is 9.10. The fourth-order valence-corrected chi connectivity index (χ4v) is 3.36. The van der Waals surface area contributed by atoms with Crippen molar-refractivity contribution in [1.82, 2.24) is 5.16 Å². The molecule has 0 amide bonds. The van der Waals surface area contributed by atoms with Gasteiger partial charge in [0.2, 0.25) is 0 Å². The first-order valence-corrected chi connectivity index (χ1v) is 8.40. The van der Waals surface area contributed by atoms with Gasteiger partial charge in [-0.2, -0.15) is 0 Å². The maximum absolute atomic E-state index is 9.94. The third-order valence-corrected chi connectivity index (χ3v) is 4.57. The van der Waals surface area contributed by atoms with Crippen molar-refractivity contribution in [2.45, 2.75) is 6.61 Å². The van der Waals surface area contributed by atoms with Crippen LogP contribution in [-0.2, 0) is 6.61 Å². The van der Waals surface area contributed by atoms with Gasteiger partial charge in [0.25, 0.3) is 0 Å². The third kappa shape index (κ3) is 2.54. The van der Waals surface area contributed by atoms with E-state index in [-0.39, 0.29) is 6.61 Å². The van der Waals surface area contributed by atoms with Crippen LogP contribution in [0.3, 0.4) is 0 Å². The molecule has 118 valence electrons. The zero-order valence-electron chi connectivity index (χ0n) is 12.7. The second-order valence-electron chi connectivity index (χ2n) is 5.53. The molecule has 0 aliphatic carbocycles. The molecule has 1 aromatic heterocycles. The molecule has 0 saturated heterocycles. The van der Waals surface area contributed by atoms with Crippen LogP contribution >= 0.6 is 15.9 Å². The van der Waals surface area contributed by atoms with Crippen LogP contribution < -0.4 is 0 Å². The number of aliphatic hydroxyl groups excluding tert-OH is 1. The van der Waals surface area contributed by atoms with Crippen LogP contribution in [0.1, 0.15) is 5.56 Å². The molecule has 1 heterocycles. The van der Waals surface area contributed by atoms with E-state index in [1.807, 2.05) is 48.5 Å². The lowest BCUT2D eigenvalue weighted by atomic mass is 9.98. The quantitative estimate of drug-likeness (QED) is 0.517. The number of hydrogen-bond donors (Lipinski definition) is 1. The summed E-state index contributed by atoms with van der Waals surface area (Å²) >= 11 is 3.47. The van der Waals surface area contributed by atoms with E-state index >= 15 is 0 Å². The highest BCUT2D eigenvalue weighted by atomic mass is 79.9. The summed E-state index contributed by atoms with van der Waals surface area (Å²) in [5.41, 5.74) is 3.23. The monoisotopic (exact) mass is 379 g/mol. The summed E-state index contributed by atoms with van der Waals surface area (Å²) in [6.45, 7) is -0.135. The maximum atomic E-state index is 9.94. The standard InChI is InChI=1S/C20H14BrNO2/c21-15-8-3-7-14(11-15)20-18(12-23)19(22-24-20)17-10-4-6-13-5-1-2-9-16(13)17/h1-11,23H,12H2. The van der Waals surface area contributed by atoms with Crippen molar-refractivity contribution in [2.75, 3.05) is 0 Å². The lowest BCUT2D eigenvalue weighted by Crippen LogP contribution is -1.90. The first-order chi connectivity index (χ1) is 11.8. The van der Waals surface area contributed by atoms with Gasteiger partial charge in [0.05, 0.1) is 12.2 Å². The molecule has 3 aromatic carbocycles. The summed E-state index contributed by atoms with van der Waals surface area (Å²) < 4.78 is 6.55. The highest BCUT2D eigenvalue weighted by Gasteiger charge is 2.19. The predicted molar refractivity (Wildman–Crippen MR) is 98.5 cm³/mol. The second kappa shape index (κ2) is 6.23. The summed E-state index contributed by atoms with van der Waals surface area (Å²) in [7, 11) is 0. The minimum absolute atomic E-state index is 0.135. The summed E-state index contributed by atoms with van der Waals surface area (Å²) in [5.74, 6) is 0.599. The molecule has 0 unspecified atom stereocenters. The van der Waals surface area contributed by atoms with E-state index in [1.54, 1.807) is 0 Å². The molecule has 0 fully saturated rings. The molecule has 0 aliphatic heterocycles. The Morgan fingerprint density at radius 3 is 2.58 bits per heavy atom. The Hall–Kier alpha value is -2.43. The van der Waals surface area contributed by atoms with Crippen LogP contribution in [0, 0.1) is 0 Å². The van der Waals surface area contributed by atoms with Crippen molar-refractivity contribution < 1.29 is 9.63 Å². The van der Waals surface area contributed by atoms with Gasteiger partial charge in [-0.05, 0) is 22.9 Å². The molecule has 0 spiro atoms. The van der Waals surface area contributed by atoms with Gasteiger partial charge in [-0.25, -0.2) is 0 Å². The first-order valence-electron chi connectivity index (χ1n) is 7.61. The van der Waals surface area contributed by atoms with Crippen LogP contribution in [0.2, 0.25) is 0 Å². The Labute approximate surface area is 147 Å². The zero-order valence-corrected chi connectivity index (χ0v) is 14.3. The Morgan fingerprint density at radius 2 is 1.75 bits per heavy atom. The smallest absolute Gasteiger partial charge is 0.173 e. The van der Waals surface area contributed by atoms with Crippen LogP contribution in [0.25, 0.3) is 33.4 Å². The van der Waals surface area contributed by atoms with Gasteiger partial charge in [-0.3, -0.25) is 0 Å². The van der Waals surface area contributed by atoms with Gasteiger partial charge in [0.15, 0.2) is 5.76 Å². The number of hydrogen-bond acceptors (Lipinski definition) is 3. The fraction of sp³-hybridized carbons (Fsp3) is 0.0500. The number of nitrogens with zero attached hydrogens (tertiary/aromatic N) is 1. The molecular weight excluding hydrogens is 366 g/mol. The molecule has 1 N–H and O–H groups in total. The first kappa shape index (κ1) is 15.1. The van der Waals surface area contributed by atoms with E-state index in [4.69, 9.17) is 4.52 Å². The molecular formula is C20H14BrNO2. The largest absolute Gasteiger partial charge is 0.391 e. The van der Waals surface area contributed by atoms with Crippen molar-refractivity contribution in [2.24, 2.45) is 0 Å². The molecule has 4 rings (SSSR count). The average molecular weight is 380 g/mol.